The SMILES string of the molecule is Cc1cncc(NCc2cccc(Br)c2O)c1. The molecule has 0 fully saturated rings. The summed E-state index contributed by atoms with van der Waals surface area (Å²) in [6, 6.07) is 7.61. The van der Waals surface area contributed by atoms with Crippen LogP contribution in [0.15, 0.2) is 41.1 Å². The zero-order valence-electron chi connectivity index (χ0n) is 9.44. The number of hydrogen-bond donors (Lipinski definition) is 2. The second kappa shape index (κ2) is 5.19. The highest BCUT2D eigenvalue weighted by Crippen LogP contribution is 2.27. The molecule has 0 unspecified atom stereocenters. The molecule has 2 aromatic rings. The predicted octanol–water partition coefficient (Wildman–Crippen LogP) is 3.47. The third kappa shape index (κ3) is 2.97. The molecule has 1 heterocycles. The first-order valence-corrected chi connectivity index (χ1v) is 6.08. The number of hydrogen-bond acceptors (Lipinski definition) is 3. The molecule has 0 bridgehead atoms. The van der Waals surface area contributed by atoms with Crippen LogP contribution in [0.3, 0.4) is 0 Å². The van der Waals surface area contributed by atoms with Gasteiger partial charge in [0.2, 0.25) is 0 Å². The Balaban J connectivity index is 2.10. The molecule has 0 aliphatic carbocycles. The fourth-order valence-corrected chi connectivity index (χ4v) is 1.96. The van der Waals surface area contributed by atoms with Crippen molar-refractivity contribution in [3.05, 3.63) is 52.3 Å². The van der Waals surface area contributed by atoms with Gasteiger partial charge in [0.25, 0.3) is 0 Å². The first kappa shape index (κ1) is 11.9. The van der Waals surface area contributed by atoms with Crippen molar-refractivity contribution in [2.24, 2.45) is 0 Å². The number of nitrogens with one attached hydrogen (secondary N) is 1. The number of phenolic OH excluding ortho intramolecular Hbond substituents is 1. The summed E-state index contributed by atoms with van der Waals surface area (Å²) >= 11 is 3.29. The highest BCUT2D eigenvalue weighted by atomic mass is 79.9. The number of halogens is 1. The van der Waals surface area contributed by atoms with E-state index >= 15 is 0 Å². The van der Waals surface area contributed by atoms with Gasteiger partial charge in [-0.2, -0.15) is 0 Å². The quantitative estimate of drug-likeness (QED) is 0.910. The van der Waals surface area contributed by atoms with Gasteiger partial charge in [-0.25, -0.2) is 0 Å². The van der Waals surface area contributed by atoms with Crippen molar-refractivity contribution >= 4 is 21.6 Å². The standard InChI is InChI=1S/C13H13BrN2O/c1-9-5-11(8-15-6-9)16-7-10-3-2-4-12(14)13(10)17/h2-6,8,16-17H,7H2,1H3. The average molecular weight is 293 g/mol. The molecule has 1 aromatic heterocycles. The summed E-state index contributed by atoms with van der Waals surface area (Å²) in [7, 11) is 0. The van der Waals surface area contributed by atoms with Crippen molar-refractivity contribution in [3.8, 4) is 5.75 Å². The Morgan fingerprint density at radius 1 is 1.35 bits per heavy atom. The molecule has 0 radical (unpaired) electrons. The van der Waals surface area contributed by atoms with E-state index in [1.54, 1.807) is 6.20 Å². The number of nitrogens with zero attached hydrogens (tertiary/aromatic N) is 1. The molecule has 0 amide bonds. The normalized spacial score (nSPS) is 10.2. The second-order valence-corrected chi connectivity index (χ2v) is 4.71. The summed E-state index contributed by atoms with van der Waals surface area (Å²) in [6.07, 6.45) is 3.57. The van der Waals surface area contributed by atoms with Crippen LogP contribution in [-0.2, 0) is 6.54 Å². The molecule has 3 nitrogen and oxygen atoms in total. The summed E-state index contributed by atoms with van der Waals surface area (Å²) in [5, 5.41) is 13.1. The molecule has 2 rings (SSSR count). The van der Waals surface area contributed by atoms with Gasteiger partial charge in [-0.1, -0.05) is 12.1 Å². The van der Waals surface area contributed by atoms with Gasteiger partial charge in [-0.15, -0.1) is 0 Å². The molecule has 88 valence electrons. The third-order valence-corrected chi connectivity index (χ3v) is 3.07. The smallest absolute Gasteiger partial charge is 0.134 e. The Hall–Kier alpha value is -1.55. The lowest BCUT2D eigenvalue weighted by molar-refractivity contribution is 0.465. The van der Waals surface area contributed by atoms with Crippen molar-refractivity contribution in [3.63, 3.8) is 0 Å². The molecule has 0 spiro atoms. The summed E-state index contributed by atoms with van der Waals surface area (Å²) < 4.78 is 0.708. The molecule has 17 heavy (non-hydrogen) atoms. The van der Waals surface area contributed by atoms with Gasteiger partial charge in [-0.3, -0.25) is 4.98 Å². The van der Waals surface area contributed by atoms with Gasteiger partial charge in [0.05, 0.1) is 10.2 Å². The number of para-hydroxylation sites is 1. The van der Waals surface area contributed by atoms with Crippen LogP contribution in [0.1, 0.15) is 11.1 Å². The van der Waals surface area contributed by atoms with E-state index in [-0.39, 0.29) is 5.75 Å². The van der Waals surface area contributed by atoms with Crippen LogP contribution >= 0.6 is 15.9 Å². The van der Waals surface area contributed by atoms with Crippen molar-refractivity contribution in [2.75, 3.05) is 5.32 Å². The topological polar surface area (TPSA) is 45.2 Å². The van der Waals surface area contributed by atoms with E-state index in [0.717, 1.165) is 16.8 Å². The molecular formula is C13H13BrN2O. The molecule has 0 atom stereocenters. The molecule has 2 N–H and O–H groups in total. The first-order valence-electron chi connectivity index (χ1n) is 5.28. The maximum absolute atomic E-state index is 9.83. The van der Waals surface area contributed by atoms with Gasteiger partial charge in [-0.05, 0) is 40.5 Å². The Labute approximate surface area is 109 Å². The monoisotopic (exact) mass is 292 g/mol. The van der Waals surface area contributed by atoms with Crippen LogP contribution in [0.25, 0.3) is 0 Å². The van der Waals surface area contributed by atoms with Gasteiger partial charge < -0.3 is 10.4 Å². The van der Waals surface area contributed by atoms with E-state index in [1.807, 2.05) is 37.4 Å². The van der Waals surface area contributed by atoms with E-state index in [4.69, 9.17) is 0 Å². The van der Waals surface area contributed by atoms with Crippen LogP contribution in [-0.4, -0.2) is 10.1 Å². The van der Waals surface area contributed by atoms with E-state index in [9.17, 15) is 5.11 Å². The van der Waals surface area contributed by atoms with E-state index in [2.05, 4.69) is 26.2 Å². The average Bonchev–Trinajstić information content (AvgIpc) is 2.31. The molecule has 0 saturated carbocycles. The van der Waals surface area contributed by atoms with Gasteiger partial charge in [0.15, 0.2) is 0 Å². The summed E-state index contributed by atoms with van der Waals surface area (Å²) in [5.41, 5.74) is 2.90. The second-order valence-electron chi connectivity index (χ2n) is 3.85. The maximum atomic E-state index is 9.83. The van der Waals surface area contributed by atoms with Crippen molar-refractivity contribution < 1.29 is 5.11 Å². The summed E-state index contributed by atoms with van der Waals surface area (Å²) in [5.74, 6) is 0.278. The largest absolute Gasteiger partial charge is 0.506 e. The Kier molecular flexibility index (Phi) is 3.64. The van der Waals surface area contributed by atoms with Gasteiger partial charge in [0.1, 0.15) is 5.75 Å². The zero-order valence-corrected chi connectivity index (χ0v) is 11.0. The fourth-order valence-electron chi connectivity index (χ4n) is 1.55. The highest BCUT2D eigenvalue weighted by Gasteiger charge is 2.04. The first-order chi connectivity index (χ1) is 8.16. The molecule has 0 aliphatic heterocycles. The third-order valence-electron chi connectivity index (χ3n) is 2.43. The molecular weight excluding hydrogens is 280 g/mol. The molecule has 1 aromatic carbocycles. The molecule has 4 heteroatoms. The number of benzene rings is 1. The van der Waals surface area contributed by atoms with Crippen LogP contribution in [0.2, 0.25) is 0 Å². The minimum Gasteiger partial charge on any atom is -0.506 e. The van der Waals surface area contributed by atoms with Crippen LogP contribution < -0.4 is 5.32 Å². The van der Waals surface area contributed by atoms with Gasteiger partial charge in [0, 0.05) is 24.5 Å². The minimum atomic E-state index is 0.278. The fraction of sp³-hybridized carbons (Fsp3) is 0.154. The Bertz CT molecular complexity index is 529. The number of rotatable bonds is 3. The molecule has 0 aliphatic rings. The number of phenols is 1. The lowest BCUT2D eigenvalue weighted by atomic mass is 10.2. The van der Waals surface area contributed by atoms with E-state index in [0.29, 0.717) is 11.0 Å². The highest BCUT2D eigenvalue weighted by molar-refractivity contribution is 9.10. The summed E-state index contributed by atoms with van der Waals surface area (Å²) in [6.45, 7) is 2.56. The number of aromatic hydroxyl groups is 1. The van der Waals surface area contributed by atoms with Crippen LogP contribution in [0.5, 0.6) is 5.75 Å². The number of anilines is 1. The number of aromatic nitrogens is 1. The lowest BCUT2D eigenvalue weighted by Gasteiger charge is -2.09. The van der Waals surface area contributed by atoms with E-state index in [1.165, 1.54) is 0 Å². The van der Waals surface area contributed by atoms with Crippen molar-refractivity contribution in [1.82, 2.24) is 4.98 Å². The van der Waals surface area contributed by atoms with E-state index < -0.39 is 0 Å². The Morgan fingerprint density at radius 2 is 2.18 bits per heavy atom. The lowest BCUT2D eigenvalue weighted by Crippen LogP contribution is -2.00. The maximum Gasteiger partial charge on any atom is 0.134 e. The number of aryl methyl sites for hydroxylation is 1. The van der Waals surface area contributed by atoms with Crippen molar-refractivity contribution in [2.45, 2.75) is 13.5 Å². The minimum absolute atomic E-state index is 0.278. The summed E-state index contributed by atoms with van der Waals surface area (Å²) in [4.78, 5) is 4.10. The predicted molar refractivity (Wildman–Crippen MR) is 72.1 cm³/mol. The number of pyridine rings is 1. The van der Waals surface area contributed by atoms with Crippen LogP contribution in [0, 0.1) is 6.92 Å². The van der Waals surface area contributed by atoms with Crippen LogP contribution in [0.4, 0.5) is 5.69 Å². The zero-order chi connectivity index (χ0) is 12.3. The molecule has 0 saturated heterocycles. The van der Waals surface area contributed by atoms with Gasteiger partial charge >= 0.3 is 0 Å². The van der Waals surface area contributed by atoms with Crippen molar-refractivity contribution in [1.29, 1.82) is 0 Å². The Morgan fingerprint density at radius 3 is 2.94 bits per heavy atom.